The highest BCUT2D eigenvalue weighted by molar-refractivity contribution is 7.89. The van der Waals surface area contributed by atoms with E-state index in [4.69, 9.17) is 0 Å². The van der Waals surface area contributed by atoms with Crippen LogP contribution in [0.3, 0.4) is 0 Å². The summed E-state index contributed by atoms with van der Waals surface area (Å²) in [6, 6.07) is 5.95. The lowest BCUT2D eigenvalue weighted by Gasteiger charge is -2.36. The lowest BCUT2D eigenvalue weighted by atomic mass is 10.1. The number of hydrogen-bond donors (Lipinski definition) is 1. The van der Waals surface area contributed by atoms with Crippen LogP contribution >= 0.6 is 0 Å². The zero-order chi connectivity index (χ0) is 22.9. The number of halogens is 3. The van der Waals surface area contributed by atoms with Gasteiger partial charge in [-0.25, -0.2) is 21.6 Å². The molecule has 1 aliphatic rings. The molecule has 1 heterocycles. The lowest BCUT2D eigenvalue weighted by molar-refractivity contribution is -0.121. The maximum atomic E-state index is 13.8. The van der Waals surface area contributed by atoms with Gasteiger partial charge in [-0.3, -0.25) is 9.69 Å². The molecule has 168 valence electrons. The minimum atomic E-state index is -3.65. The molecular weight excluding hydrogens is 431 g/mol. The van der Waals surface area contributed by atoms with Gasteiger partial charge in [0.05, 0.1) is 16.6 Å². The van der Waals surface area contributed by atoms with Gasteiger partial charge in [-0.15, -0.1) is 0 Å². The molecular formula is C21H24F3N3O3S. The molecule has 10 heteroatoms. The maximum absolute atomic E-state index is 13.8. The third kappa shape index (κ3) is 4.76. The zero-order valence-electron chi connectivity index (χ0n) is 17.5. The Morgan fingerprint density at radius 1 is 0.968 bits per heavy atom. The molecule has 2 aromatic carbocycles. The number of amides is 1. The molecule has 0 saturated carbocycles. The van der Waals surface area contributed by atoms with Crippen LogP contribution in [0.15, 0.2) is 35.2 Å². The molecule has 1 fully saturated rings. The van der Waals surface area contributed by atoms with Gasteiger partial charge in [0.1, 0.15) is 0 Å². The van der Waals surface area contributed by atoms with Gasteiger partial charge in [0.15, 0.2) is 17.5 Å². The van der Waals surface area contributed by atoms with E-state index in [1.807, 2.05) is 13.8 Å². The number of nitrogens with zero attached hydrogens (tertiary/aromatic N) is 2. The van der Waals surface area contributed by atoms with Crippen LogP contribution in [0.1, 0.15) is 18.1 Å². The summed E-state index contributed by atoms with van der Waals surface area (Å²) in [6.07, 6.45) is 0. The van der Waals surface area contributed by atoms with Crippen LogP contribution in [0, 0.1) is 31.3 Å². The van der Waals surface area contributed by atoms with Gasteiger partial charge in [0.2, 0.25) is 15.9 Å². The van der Waals surface area contributed by atoms with Gasteiger partial charge >= 0.3 is 0 Å². The molecule has 0 radical (unpaired) electrons. The summed E-state index contributed by atoms with van der Waals surface area (Å²) in [5.41, 5.74) is 1.43. The standard InChI is InChI=1S/C21H24F3N3O3S/c1-13-4-5-16(12-14(13)2)31(29,30)27-10-8-26(9-11-27)15(3)21(28)25-18-7-6-17(22)19(23)20(18)24/h4-7,12,15H,8-11H2,1-3H3,(H,25,28)/t15-/m0/s1. The fourth-order valence-electron chi connectivity index (χ4n) is 3.38. The molecule has 1 aliphatic heterocycles. The Balaban J connectivity index is 1.64. The molecule has 2 aromatic rings. The first-order chi connectivity index (χ1) is 14.5. The first-order valence-corrected chi connectivity index (χ1v) is 11.2. The van der Waals surface area contributed by atoms with Crippen molar-refractivity contribution >= 4 is 21.6 Å². The molecule has 6 nitrogen and oxygen atoms in total. The second kappa shape index (κ2) is 8.97. The van der Waals surface area contributed by atoms with Crippen LogP contribution in [0.4, 0.5) is 18.9 Å². The van der Waals surface area contributed by atoms with Gasteiger partial charge in [-0.05, 0) is 56.2 Å². The van der Waals surface area contributed by atoms with E-state index in [-0.39, 0.29) is 18.0 Å². The highest BCUT2D eigenvalue weighted by Crippen LogP contribution is 2.22. The molecule has 3 rings (SSSR count). The van der Waals surface area contributed by atoms with Crippen molar-refractivity contribution in [3.63, 3.8) is 0 Å². The van der Waals surface area contributed by atoms with E-state index in [1.54, 1.807) is 30.0 Å². The first kappa shape index (κ1) is 23.2. The molecule has 0 bridgehead atoms. The molecule has 1 saturated heterocycles. The number of anilines is 1. The Bertz CT molecular complexity index is 1100. The summed E-state index contributed by atoms with van der Waals surface area (Å²) in [7, 11) is -3.65. The number of nitrogens with one attached hydrogen (secondary N) is 1. The maximum Gasteiger partial charge on any atom is 0.243 e. The lowest BCUT2D eigenvalue weighted by Crippen LogP contribution is -2.53. The van der Waals surface area contributed by atoms with Crippen molar-refractivity contribution in [3.05, 3.63) is 58.9 Å². The summed E-state index contributed by atoms with van der Waals surface area (Å²) in [4.78, 5) is 14.4. The number of aryl methyl sites for hydroxylation is 2. The van der Waals surface area contributed by atoms with Crippen LogP contribution < -0.4 is 5.32 Å². The van der Waals surface area contributed by atoms with Gasteiger partial charge in [0.25, 0.3) is 0 Å². The van der Waals surface area contributed by atoms with E-state index < -0.39 is 45.1 Å². The minimum Gasteiger partial charge on any atom is -0.322 e. The summed E-state index contributed by atoms with van der Waals surface area (Å²) < 4.78 is 67.4. The van der Waals surface area contributed by atoms with Gasteiger partial charge in [-0.2, -0.15) is 4.31 Å². The van der Waals surface area contributed by atoms with Crippen LogP contribution in [-0.2, 0) is 14.8 Å². The van der Waals surface area contributed by atoms with Crippen molar-refractivity contribution in [3.8, 4) is 0 Å². The number of rotatable bonds is 5. The summed E-state index contributed by atoms with van der Waals surface area (Å²) >= 11 is 0. The SMILES string of the molecule is Cc1ccc(S(=O)(=O)N2CCN([C@@H](C)C(=O)Nc3ccc(F)c(F)c3F)CC2)cc1C. The van der Waals surface area contributed by atoms with Crippen molar-refractivity contribution in [1.82, 2.24) is 9.21 Å². The number of hydrogen-bond acceptors (Lipinski definition) is 4. The minimum absolute atomic E-state index is 0.187. The monoisotopic (exact) mass is 455 g/mol. The number of sulfonamides is 1. The van der Waals surface area contributed by atoms with Crippen molar-refractivity contribution in [2.75, 3.05) is 31.5 Å². The van der Waals surface area contributed by atoms with Crippen LogP contribution in [0.2, 0.25) is 0 Å². The summed E-state index contributed by atoms with van der Waals surface area (Å²) in [5, 5.41) is 2.26. The largest absolute Gasteiger partial charge is 0.322 e. The molecule has 1 N–H and O–H groups in total. The fraction of sp³-hybridized carbons (Fsp3) is 0.381. The summed E-state index contributed by atoms with van der Waals surface area (Å²) in [5.74, 6) is -5.07. The van der Waals surface area contributed by atoms with Crippen LogP contribution in [-0.4, -0.2) is 55.8 Å². The topological polar surface area (TPSA) is 69.7 Å². The van der Waals surface area contributed by atoms with E-state index in [2.05, 4.69) is 5.32 Å². The van der Waals surface area contributed by atoms with E-state index in [1.165, 1.54) is 4.31 Å². The summed E-state index contributed by atoms with van der Waals surface area (Å²) in [6.45, 7) is 6.29. The molecule has 0 aliphatic carbocycles. The third-order valence-corrected chi connectivity index (χ3v) is 7.50. The molecule has 0 aromatic heterocycles. The second-order valence-electron chi connectivity index (χ2n) is 7.57. The van der Waals surface area contributed by atoms with Crippen LogP contribution in [0.5, 0.6) is 0 Å². The van der Waals surface area contributed by atoms with E-state index in [9.17, 15) is 26.4 Å². The second-order valence-corrected chi connectivity index (χ2v) is 9.51. The Hall–Kier alpha value is -2.43. The number of piperazine rings is 1. The first-order valence-electron chi connectivity index (χ1n) is 9.78. The van der Waals surface area contributed by atoms with E-state index >= 15 is 0 Å². The highest BCUT2D eigenvalue weighted by atomic mass is 32.2. The van der Waals surface area contributed by atoms with Crippen molar-refractivity contribution in [2.45, 2.75) is 31.7 Å². The molecule has 31 heavy (non-hydrogen) atoms. The molecule has 0 spiro atoms. The van der Waals surface area contributed by atoms with Crippen molar-refractivity contribution < 1.29 is 26.4 Å². The Morgan fingerprint density at radius 2 is 1.61 bits per heavy atom. The van der Waals surface area contributed by atoms with E-state index in [0.717, 1.165) is 23.3 Å². The zero-order valence-corrected chi connectivity index (χ0v) is 18.3. The Labute approximate surface area is 179 Å². The smallest absolute Gasteiger partial charge is 0.243 e. The number of carbonyl (C=O) groups is 1. The average molecular weight is 456 g/mol. The molecule has 1 amide bonds. The number of carbonyl (C=O) groups excluding carboxylic acids is 1. The Kier molecular flexibility index (Phi) is 6.73. The quantitative estimate of drug-likeness (QED) is 0.704. The van der Waals surface area contributed by atoms with Gasteiger partial charge in [-0.1, -0.05) is 6.07 Å². The molecule has 0 unspecified atom stereocenters. The fourth-order valence-corrected chi connectivity index (χ4v) is 4.89. The third-order valence-electron chi connectivity index (χ3n) is 5.61. The van der Waals surface area contributed by atoms with Crippen molar-refractivity contribution in [2.24, 2.45) is 0 Å². The predicted octanol–water partition coefficient (Wildman–Crippen LogP) is 3.05. The number of benzene rings is 2. The Morgan fingerprint density at radius 3 is 2.23 bits per heavy atom. The van der Waals surface area contributed by atoms with E-state index in [0.29, 0.717) is 13.1 Å². The normalized spacial score (nSPS) is 16.8. The van der Waals surface area contributed by atoms with Gasteiger partial charge in [0, 0.05) is 26.2 Å². The average Bonchev–Trinajstić information content (AvgIpc) is 2.75. The molecule has 1 atom stereocenters. The van der Waals surface area contributed by atoms with Gasteiger partial charge < -0.3 is 5.32 Å². The van der Waals surface area contributed by atoms with Crippen LogP contribution in [0.25, 0.3) is 0 Å². The predicted molar refractivity (Wildman–Crippen MR) is 111 cm³/mol. The van der Waals surface area contributed by atoms with Crippen molar-refractivity contribution in [1.29, 1.82) is 0 Å². The highest BCUT2D eigenvalue weighted by Gasteiger charge is 2.32.